The van der Waals surface area contributed by atoms with E-state index >= 15 is 0 Å². The van der Waals surface area contributed by atoms with E-state index in [4.69, 9.17) is 4.74 Å². The van der Waals surface area contributed by atoms with Crippen LogP contribution in [0.15, 0.2) is 24.3 Å². The number of hydrogen-bond donors (Lipinski definition) is 1. The van der Waals surface area contributed by atoms with Gasteiger partial charge in [-0.2, -0.15) is 5.26 Å². The highest BCUT2D eigenvalue weighted by atomic mass is 32.1. The molecule has 1 aliphatic carbocycles. The average molecular weight is 439 g/mol. The standard InChI is InChI=1S/C24H30N4O2S/c1-27(16-18-7-5-6-9-21(18)28-11-13-30-14-12-28)17-23(29)26-24-20(15-25)19-8-3-2-4-10-22(19)31-24/h5-7,9H,2-4,8,10-14,16-17H2,1H3,(H,26,29). The van der Waals surface area contributed by atoms with Crippen molar-refractivity contribution in [2.24, 2.45) is 0 Å². The van der Waals surface area contributed by atoms with Gasteiger partial charge < -0.3 is 15.0 Å². The van der Waals surface area contributed by atoms with Crippen LogP contribution in [0.2, 0.25) is 0 Å². The van der Waals surface area contributed by atoms with E-state index in [1.807, 2.05) is 18.0 Å². The molecular weight excluding hydrogens is 408 g/mol. The number of rotatable bonds is 6. The average Bonchev–Trinajstić information content (AvgIpc) is 2.93. The summed E-state index contributed by atoms with van der Waals surface area (Å²) in [6.07, 6.45) is 5.46. The van der Waals surface area contributed by atoms with Crippen molar-refractivity contribution in [3.63, 3.8) is 0 Å². The number of carbonyl (C=O) groups excluding carboxylic acids is 1. The first-order chi connectivity index (χ1) is 15.2. The molecule has 2 aromatic rings. The first-order valence-corrected chi connectivity index (χ1v) is 11.9. The number of thiophene rings is 1. The monoisotopic (exact) mass is 438 g/mol. The lowest BCUT2D eigenvalue weighted by Crippen LogP contribution is -2.37. The summed E-state index contributed by atoms with van der Waals surface area (Å²) in [5.41, 5.74) is 4.26. The predicted molar refractivity (Wildman–Crippen MR) is 125 cm³/mol. The third-order valence-corrected chi connectivity index (χ3v) is 7.19. The Morgan fingerprint density at radius 1 is 1.23 bits per heavy atom. The highest BCUT2D eigenvalue weighted by molar-refractivity contribution is 7.16. The van der Waals surface area contributed by atoms with Crippen molar-refractivity contribution < 1.29 is 9.53 Å². The van der Waals surface area contributed by atoms with Gasteiger partial charge >= 0.3 is 0 Å². The molecule has 0 spiro atoms. The van der Waals surface area contributed by atoms with Crippen LogP contribution >= 0.6 is 11.3 Å². The number of morpholine rings is 1. The number of nitrogens with one attached hydrogen (secondary N) is 1. The van der Waals surface area contributed by atoms with E-state index in [9.17, 15) is 10.1 Å². The largest absolute Gasteiger partial charge is 0.378 e. The van der Waals surface area contributed by atoms with Crippen molar-refractivity contribution >= 4 is 27.9 Å². The summed E-state index contributed by atoms with van der Waals surface area (Å²) >= 11 is 1.59. The van der Waals surface area contributed by atoms with Gasteiger partial charge in [-0.1, -0.05) is 24.6 Å². The van der Waals surface area contributed by atoms with Crippen LogP contribution in [0.25, 0.3) is 0 Å². The number of likely N-dealkylation sites (N-methyl/N-ethyl adjacent to an activating group) is 1. The number of aryl methyl sites for hydroxylation is 1. The molecule has 1 aromatic heterocycles. The lowest BCUT2D eigenvalue weighted by atomic mass is 10.1. The number of anilines is 2. The Morgan fingerprint density at radius 3 is 2.81 bits per heavy atom. The first-order valence-electron chi connectivity index (χ1n) is 11.1. The van der Waals surface area contributed by atoms with Crippen LogP contribution in [0.3, 0.4) is 0 Å². The van der Waals surface area contributed by atoms with Crippen LogP contribution in [0, 0.1) is 11.3 Å². The van der Waals surface area contributed by atoms with Crippen molar-refractivity contribution in [2.75, 3.05) is 50.1 Å². The quantitative estimate of drug-likeness (QED) is 0.695. The van der Waals surface area contributed by atoms with Crippen LogP contribution in [-0.4, -0.2) is 50.7 Å². The number of benzene rings is 1. The maximum atomic E-state index is 12.8. The minimum atomic E-state index is -0.0701. The number of fused-ring (bicyclic) bond motifs is 1. The number of ether oxygens (including phenoxy) is 1. The smallest absolute Gasteiger partial charge is 0.239 e. The van der Waals surface area contributed by atoms with E-state index in [0.29, 0.717) is 12.1 Å². The zero-order valence-electron chi connectivity index (χ0n) is 18.2. The molecule has 1 saturated heterocycles. The molecule has 0 atom stereocenters. The summed E-state index contributed by atoms with van der Waals surface area (Å²) in [4.78, 5) is 18.4. The fraction of sp³-hybridized carbons (Fsp3) is 0.500. The predicted octanol–water partition coefficient (Wildman–Crippen LogP) is 3.80. The van der Waals surface area contributed by atoms with E-state index in [-0.39, 0.29) is 12.5 Å². The number of nitrogens with zero attached hydrogens (tertiary/aromatic N) is 3. The molecule has 0 bridgehead atoms. The van der Waals surface area contributed by atoms with Crippen LogP contribution in [0.4, 0.5) is 10.7 Å². The molecule has 1 fully saturated rings. The maximum Gasteiger partial charge on any atom is 0.239 e. The van der Waals surface area contributed by atoms with Gasteiger partial charge in [-0.25, -0.2) is 0 Å². The van der Waals surface area contributed by atoms with E-state index in [2.05, 4.69) is 34.5 Å². The number of nitriles is 1. The first kappa shape index (κ1) is 21.8. The normalized spacial score (nSPS) is 16.5. The molecule has 1 N–H and O–H groups in total. The Bertz CT molecular complexity index is 959. The molecule has 2 aliphatic rings. The number of para-hydroxylation sites is 1. The van der Waals surface area contributed by atoms with Gasteiger partial charge in [0.25, 0.3) is 0 Å². The second-order valence-corrected chi connectivity index (χ2v) is 9.43. The Hall–Kier alpha value is -2.40. The van der Waals surface area contributed by atoms with Gasteiger partial charge in [0.2, 0.25) is 5.91 Å². The molecule has 31 heavy (non-hydrogen) atoms. The third-order valence-electron chi connectivity index (χ3n) is 5.98. The molecule has 164 valence electrons. The molecule has 4 rings (SSSR count). The van der Waals surface area contributed by atoms with Crippen LogP contribution in [-0.2, 0) is 28.9 Å². The minimum absolute atomic E-state index is 0.0701. The molecule has 0 saturated carbocycles. The molecule has 1 aromatic carbocycles. The third kappa shape index (κ3) is 5.27. The molecular formula is C24H30N4O2S. The van der Waals surface area contributed by atoms with Crippen molar-refractivity contribution in [2.45, 2.75) is 38.6 Å². The fourth-order valence-corrected chi connectivity index (χ4v) is 5.72. The van der Waals surface area contributed by atoms with Gasteiger partial charge in [-0.3, -0.25) is 9.69 Å². The Balaban J connectivity index is 1.40. The SMILES string of the molecule is CN(CC(=O)Nc1sc2c(c1C#N)CCCCC2)Cc1ccccc1N1CCOCC1. The summed E-state index contributed by atoms with van der Waals surface area (Å²) in [7, 11) is 1.96. The zero-order chi connectivity index (χ0) is 21.6. The van der Waals surface area contributed by atoms with Gasteiger partial charge in [-0.05, 0) is 49.9 Å². The number of hydrogen-bond acceptors (Lipinski definition) is 6. The lowest BCUT2D eigenvalue weighted by molar-refractivity contribution is -0.117. The molecule has 2 heterocycles. The number of amides is 1. The lowest BCUT2D eigenvalue weighted by Gasteiger charge is -2.31. The van der Waals surface area contributed by atoms with Gasteiger partial charge in [0.15, 0.2) is 0 Å². The summed E-state index contributed by atoms with van der Waals surface area (Å²) in [6, 6.07) is 10.7. The van der Waals surface area contributed by atoms with Crippen molar-refractivity contribution in [3.05, 3.63) is 45.8 Å². The van der Waals surface area contributed by atoms with Crippen molar-refractivity contribution in [1.82, 2.24) is 4.90 Å². The molecule has 1 aliphatic heterocycles. The van der Waals surface area contributed by atoms with Crippen LogP contribution < -0.4 is 10.2 Å². The van der Waals surface area contributed by atoms with Crippen LogP contribution in [0.1, 0.15) is 40.8 Å². The van der Waals surface area contributed by atoms with Crippen LogP contribution in [0.5, 0.6) is 0 Å². The van der Waals surface area contributed by atoms with E-state index in [1.54, 1.807) is 11.3 Å². The highest BCUT2D eigenvalue weighted by Crippen LogP contribution is 2.37. The van der Waals surface area contributed by atoms with Crippen molar-refractivity contribution in [1.29, 1.82) is 5.26 Å². The Labute approximate surface area is 188 Å². The van der Waals surface area contributed by atoms with Gasteiger partial charge in [-0.15, -0.1) is 11.3 Å². The van der Waals surface area contributed by atoms with Gasteiger partial charge in [0.1, 0.15) is 11.1 Å². The summed E-state index contributed by atoms with van der Waals surface area (Å²) in [6.45, 7) is 4.25. The molecule has 1 amide bonds. The van der Waals surface area contributed by atoms with E-state index in [0.717, 1.165) is 62.6 Å². The fourth-order valence-electron chi connectivity index (χ4n) is 4.46. The van der Waals surface area contributed by atoms with Gasteiger partial charge in [0, 0.05) is 30.2 Å². The Kier molecular flexibility index (Phi) is 7.23. The molecule has 6 nitrogen and oxygen atoms in total. The summed E-state index contributed by atoms with van der Waals surface area (Å²) in [5.74, 6) is -0.0701. The van der Waals surface area contributed by atoms with E-state index in [1.165, 1.54) is 22.5 Å². The molecule has 0 radical (unpaired) electrons. The Morgan fingerprint density at radius 2 is 2.00 bits per heavy atom. The molecule has 0 unspecified atom stereocenters. The zero-order valence-corrected chi connectivity index (χ0v) is 19.0. The molecule has 7 heteroatoms. The maximum absolute atomic E-state index is 12.8. The number of carbonyl (C=O) groups is 1. The van der Waals surface area contributed by atoms with Gasteiger partial charge in [0.05, 0.1) is 25.3 Å². The summed E-state index contributed by atoms with van der Waals surface area (Å²) in [5, 5.41) is 13.4. The second-order valence-electron chi connectivity index (χ2n) is 8.33. The topological polar surface area (TPSA) is 68.6 Å². The van der Waals surface area contributed by atoms with Crippen molar-refractivity contribution in [3.8, 4) is 6.07 Å². The highest BCUT2D eigenvalue weighted by Gasteiger charge is 2.22. The second kappa shape index (κ2) is 10.3. The van der Waals surface area contributed by atoms with E-state index < -0.39 is 0 Å². The summed E-state index contributed by atoms with van der Waals surface area (Å²) < 4.78 is 5.48. The minimum Gasteiger partial charge on any atom is -0.378 e.